The average Bonchev–Trinajstić information content (AvgIpc) is 3.89. The number of para-hydroxylation sites is 4. The highest BCUT2D eigenvalue weighted by molar-refractivity contribution is 7.20. The molecule has 0 aliphatic carbocycles. The van der Waals surface area contributed by atoms with Gasteiger partial charge in [0.2, 0.25) is 0 Å². The fourth-order valence-corrected chi connectivity index (χ4v) is 15.5. The number of hydrogen-bond donors (Lipinski definition) is 0. The zero-order valence-corrected chi connectivity index (χ0v) is 35.6. The summed E-state index contributed by atoms with van der Waals surface area (Å²) in [6.45, 7) is 0. The highest BCUT2D eigenvalue weighted by Crippen LogP contribution is 2.45. The Labute approximate surface area is 368 Å². The molecule has 0 atom stereocenters. The van der Waals surface area contributed by atoms with Crippen molar-refractivity contribution in [1.82, 2.24) is 9.13 Å². The van der Waals surface area contributed by atoms with Gasteiger partial charge in [0.25, 0.3) is 0 Å². The molecule has 2 aromatic heterocycles. The molecule has 0 spiro atoms. The molecule has 3 heteroatoms. The first kappa shape index (κ1) is 36.8. The molecular weight excluding hydrogens is 777 g/mol. The molecule has 0 aliphatic rings. The van der Waals surface area contributed by atoms with Crippen molar-refractivity contribution in [2.45, 2.75) is 0 Å². The van der Waals surface area contributed by atoms with Crippen molar-refractivity contribution in [3.8, 4) is 33.6 Å². The smallest absolute Gasteiger partial charge is 0.181 e. The Hall–Kier alpha value is -7.98. The largest absolute Gasteiger partial charge is 0.309 e. The second-order valence-corrected chi connectivity index (χ2v) is 20.1. The molecule has 10 aromatic carbocycles. The van der Waals surface area contributed by atoms with Gasteiger partial charge in [-0.1, -0.05) is 231 Å². The van der Waals surface area contributed by atoms with E-state index in [9.17, 15) is 0 Å². The SMILES string of the molecule is c1ccc(-c2ccccc2-n2c3ccccc3c3ccc(-n4c5ccccc5c5cccc([Si](c6ccccc6)(c6ccccc6)c6ccccc6)c54)c(-c4ccccc4)c32)cc1. The first-order chi connectivity index (χ1) is 31.3. The third-order valence-corrected chi connectivity index (χ3v) is 17.9. The van der Waals surface area contributed by atoms with Crippen molar-refractivity contribution in [1.29, 1.82) is 0 Å². The average molecular weight is 819 g/mol. The van der Waals surface area contributed by atoms with E-state index in [0.717, 1.165) is 11.4 Å². The fourth-order valence-electron chi connectivity index (χ4n) is 10.5. The van der Waals surface area contributed by atoms with Crippen molar-refractivity contribution >= 4 is 72.4 Å². The minimum absolute atomic E-state index is 1.14. The molecule has 0 saturated heterocycles. The molecule has 12 aromatic rings. The summed E-state index contributed by atoms with van der Waals surface area (Å²) in [5.41, 5.74) is 11.8. The van der Waals surface area contributed by atoms with Gasteiger partial charge in [-0.15, -0.1) is 0 Å². The van der Waals surface area contributed by atoms with E-state index in [0.29, 0.717) is 0 Å². The Morgan fingerprint density at radius 2 is 0.698 bits per heavy atom. The van der Waals surface area contributed by atoms with Gasteiger partial charge in [0.15, 0.2) is 8.07 Å². The van der Waals surface area contributed by atoms with E-state index in [1.54, 1.807) is 0 Å². The minimum Gasteiger partial charge on any atom is -0.309 e. The Kier molecular flexibility index (Phi) is 8.87. The zero-order valence-electron chi connectivity index (χ0n) is 34.6. The summed E-state index contributed by atoms with van der Waals surface area (Å²) >= 11 is 0. The van der Waals surface area contributed by atoms with Gasteiger partial charge in [0, 0.05) is 32.7 Å². The summed E-state index contributed by atoms with van der Waals surface area (Å²) in [5, 5.41) is 10.3. The maximum absolute atomic E-state index is 3.00. The van der Waals surface area contributed by atoms with Crippen LogP contribution in [0.5, 0.6) is 0 Å². The first-order valence-electron chi connectivity index (χ1n) is 21.8. The maximum atomic E-state index is 2.61. The van der Waals surface area contributed by atoms with Gasteiger partial charge in [-0.25, -0.2) is 0 Å². The number of rotatable bonds is 8. The molecular formula is C60H42N2Si. The number of benzene rings is 10. The lowest BCUT2D eigenvalue weighted by Gasteiger charge is -2.35. The van der Waals surface area contributed by atoms with Crippen LogP contribution < -0.4 is 20.7 Å². The number of hydrogen-bond acceptors (Lipinski definition) is 0. The van der Waals surface area contributed by atoms with Crippen LogP contribution in [0, 0.1) is 0 Å². The van der Waals surface area contributed by atoms with Crippen molar-refractivity contribution in [2.75, 3.05) is 0 Å². The Balaban J connectivity index is 1.29. The van der Waals surface area contributed by atoms with Gasteiger partial charge in [-0.3, -0.25) is 0 Å². The number of fused-ring (bicyclic) bond motifs is 6. The Morgan fingerprint density at radius 1 is 0.270 bits per heavy atom. The lowest BCUT2D eigenvalue weighted by Crippen LogP contribution is -2.75. The van der Waals surface area contributed by atoms with E-state index < -0.39 is 8.07 Å². The molecule has 0 bridgehead atoms. The van der Waals surface area contributed by atoms with Gasteiger partial charge < -0.3 is 9.13 Å². The van der Waals surface area contributed by atoms with Crippen LogP contribution in [0.1, 0.15) is 0 Å². The van der Waals surface area contributed by atoms with E-state index >= 15 is 0 Å². The molecule has 0 amide bonds. The summed E-state index contributed by atoms with van der Waals surface area (Å²) < 4.78 is 5.15. The fraction of sp³-hybridized carbons (Fsp3) is 0. The molecule has 0 radical (unpaired) electrons. The monoisotopic (exact) mass is 818 g/mol. The van der Waals surface area contributed by atoms with Crippen LogP contribution in [0.4, 0.5) is 0 Å². The van der Waals surface area contributed by atoms with Gasteiger partial charge in [0.05, 0.1) is 33.4 Å². The van der Waals surface area contributed by atoms with Crippen LogP contribution >= 0.6 is 0 Å². The third-order valence-electron chi connectivity index (χ3n) is 13.1. The van der Waals surface area contributed by atoms with Gasteiger partial charge in [-0.05, 0) is 56.1 Å². The van der Waals surface area contributed by atoms with Crippen LogP contribution in [0.15, 0.2) is 255 Å². The molecule has 12 rings (SSSR count). The summed E-state index contributed by atoms with van der Waals surface area (Å²) in [6.07, 6.45) is 0. The van der Waals surface area contributed by atoms with Gasteiger partial charge >= 0.3 is 0 Å². The van der Waals surface area contributed by atoms with Crippen LogP contribution in [0.25, 0.3) is 77.2 Å². The predicted octanol–water partition coefficient (Wildman–Crippen LogP) is 12.6. The van der Waals surface area contributed by atoms with E-state index in [1.165, 1.54) is 86.6 Å². The molecule has 0 N–H and O–H groups in total. The van der Waals surface area contributed by atoms with Crippen molar-refractivity contribution in [3.05, 3.63) is 255 Å². The van der Waals surface area contributed by atoms with Crippen molar-refractivity contribution in [2.24, 2.45) is 0 Å². The van der Waals surface area contributed by atoms with E-state index in [1.807, 2.05) is 0 Å². The normalized spacial score (nSPS) is 11.8. The molecule has 296 valence electrons. The molecule has 0 saturated carbocycles. The van der Waals surface area contributed by atoms with Crippen molar-refractivity contribution in [3.63, 3.8) is 0 Å². The lowest BCUT2D eigenvalue weighted by molar-refractivity contribution is 1.16. The van der Waals surface area contributed by atoms with Gasteiger partial charge in [-0.2, -0.15) is 0 Å². The maximum Gasteiger partial charge on any atom is 0.181 e. The molecule has 2 nitrogen and oxygen atoms in total. The van der Waals surface area contributed by atoms with Crippen LogP contribution in [0.2, 0.25) is 0 Å². The summed E-state index contributed by atoms with van der Waals surface area (Å²) in [5.74, 6) is 0. The first-order valence-corrected chi connectivity index (χ1v) is 23.8. The summed E-state index contributed by atoms with van der Waals surface area (Å²) in [4.78, 5) is 0. The topological polar surface area (TPSA) is 9.86 Å². The molecule has 0 unspecified atom stereocenters. The van der Waals surface area contributed by atoms with E-state index in [4.69, 9.17) is 0 Å². The zero-order chi connectivity index (χ0) is 41.7. The van der Waals surface area contributed by atoms with Crippen LogP contribution in [-0.4, -0.2) is 17.2 Å². The van der Waals surface area contributed by atoms with Crippen molar-refractivity contribution < 1.29 is 0 Å². The molecule has 0 aliphatic heterocycles. The quantitative estimate of drug-likeness (QED) is 0.107. The van der Waals surface area contributed by atoms with Crippen LogP contribution in [-0.2, 0) is 0 Å². The third kappa shape index (κ3) is 5.71. The molecule has 2 heterocycles. The van der Waals surface area contributed by atoms with Gasteiger partial charge in [0.1, 0.15) is 0 Å². The second-order valence-electron chi connectivity index (χ2n) is 16.4. The second kappa shape index (κ2) is 15.2. The van der Waals surface area contributed by atoms with E-state index in [2.05, 4.69) is 264 Å². The molecule has 0 fully saturated rings. The lowest BCUT2D eigenvalue weighted by atomic mass is 9.98. The highest BCUT2D eigenvalue weighted by Gasteiger charge is 2.43. The highest BCUT2D eigenvalue weighted by atomic mass is 28.3. The number of aromatic nitrogens is 2. The van der Waals surface area contributed by atoms with E-state index in [-0.39, 0.29) is 0 Å². The summed E-state index contributed by atoms with van der Waals surface area (Å²) in [6, 6.07) is 94.4. The predicted molar refractivity (Wildman–Crippen MR) is 270 cm³/mol. The number of nitrogens with zero attached hydrogens (tertiary/aromatic N) is 2. The Bertz CT molecular complexity index is 3500. The van der Waals surface area contributed by atoms with Crippen LogP contribution in [0.3, 0.4) is 0 Å². The molecule has 63 heavy (non-hydrogen) atoms. The Morgan fingerprint density at radius 3 is 1.27 bits per heavy atom. The standard InChI is InChI=1S/C60H42N2Si/c1-6-23-43(24-7-1)48-33-16-19-37-53(48)61-54-38-20-18-35-50(54)52-41-42-56(58(60(52)61)44-25-8-2-9-26-44)62-55-39-21-17-34-49(55)51-36-22-40-57(59(51)62)63(45-27-10-3-11-28-45,46-29-12-4-13-30-46)47-31-14-5-15-32-47/h1-42H. The summed E-state index contributed by atoms with van der Waals surface area (Å²) in [7, 11) is -3.00. The minimum atomic E-state index is -3.00.